The maximum absolute atomic E-state index is 3.14. The zero-order valence-corrected chi connectivity index (χ0v) is 6.44. The second-order valence-corrected chi connectivity index (χ2v) is 1.94. The Labute approximate surface area is 57.6 Å². The summed E-state index contributed by atoms with van der Waals surface area (Å²) in [7, 11) is 0. The van der Waals surface area contributed by atoms with Gasteiger partial charge in [0.05, 0.1) is 0 Å². The van der Waals surface area contributed by atoms with E-state index in [-0.39, 0.29) is 0 Å². The normalized spacial score (nSPS) is 9.22. The second kappa shape index (κ2) is 5.40. The van der Waals surface area contributed by atoms with Crippen molar-refractivity contribution in [3.8, 4) is 0 Å². The molecule has 0 aromatic rings. The van der Waals surface area contributed by atoms with Crippen LogP contribution in [0.25, 0.3) is 0 Å². The van der Waals surface area contributed by atoms with Gasteiger partial charge in [-0.2, -0.15) is 0 Å². The molecule has 0 amide bonds. The minimum absolute atomic E-state index is 1.06. The van der Waals surface area contributed by atoms with Crippen LogP contribution in [0, 0.1) is 0 Å². The van der Waals surface area contributed by atoms with Crippen LogP contribution in [-0.4, -0.2) is 0 Å². The summed E-state index contributed by atoms with van der Waals surface area (Å²) in [5.41, 5.74) is 4.33. The summed E-state index contributed by atoms with van der Waals surface area (Å²) in [5, 5.41) is 0. The molecule has 0 aromatic heterocycles. The molecule has 0 aliphatic rings. The summed E-state index contributed by atoms with van der Waals surface area (Å²) in [6.07, 6.45) is 7.17. The van der Waals surface area contributed by atoms with Crippen molar-refractivity contribution in [2.75, 3.05) is 0 Å². The second-order valence-electron chi connectivity index (χ2n) is 1.94. The van der Waals surface area contributed by atoms with Gasteiger partial charge in [-0.05, 0) is 31.9 Å². The fourth-order valence-corrected chi connectivity index (χ4v) is 0.561. The van der Waals surface area contributed by atoms with Crippen LogP contribution in [0.3, 0.4) is 0 Å². The number of rotatable bonds is 2. The van der Waals surface area contributed by atoms with Crippen molar-refractivity contribution in [2.45, 2.75) is 27.2 Å². The molecular weight excluding hydrogens is 108 g/mol. The van der Waals surface area contributed by atoms with Gasteiger partial charge in [-0.3, -0.25) is 0 Å². The SMILES string of the molecule is C/C=C\C(C)=C=CCC. The summed E-state index contributed by atoms with van der Waals surface area (Å²) in [5.74, 6) is 0. The smallest absolute Gasteiger partial charge is 0.00980 e. The van der Waals surface area contributed by atoms with Crippen molar-refractivity contribution in [1.82, 2.24) is 0 Å². The first-order valence-electron chi connectivity index (χ1n) is 3.35. The molecule has 0 heteroatoms. The lowest BCUT2D eigenvalue weighted by Gasteiger charge is -1.79. The van der Waals surface area contributed by atoms with Crippen molar-refractivity contribution in [3.05, 3.63) is 29.5 Å². The summed E-state index contributed by atoms with van der Waals surface area (Å²) >= 11 is 0. The van der Waals surface area contributed by atoms with Gasteiger partial charge in [-0.15, -0.1) is 5.73 Å². The van der Waals surface area contributed by atoms with Gasteiger partial charge in [0.25, 0.3) is 0 Å². The largest absolute Gasteiger partial charge is 0.122 e. The maximum Gasteiger partial charge on any atom is -0.00980 e. The Hall–Kier alpha value is -0.740. The van der Waals surface area contributed by atoms with Crippen LogP contribution in [0.15, 0.2) is 29.5 Å². The van der Waals surface area contributed by atoms with Gasteiger partial charge >= 0.3 is 0 Å². The van der Waals surface area contributed by atoms with E-state index in [1.54, 1.807) is 0 Å². The Balaban J connectivity index is 3.98. The van der Waals surface area contributed by atoms with Gasteiger partial charge in [0.15, 0.2) is 0 Å². The van der Waals surface area contributed by atoms with Crippen molar-refractivity contribution in [3.63, 3.8) is 0 Å². The van der Waals surface area contributed by atoms with E-state index < -0.39 is 0 Å². The molecule has 0 aliphatic carbocycles. The van der Waals surface area contributed by atoms with E-state index in [9.17, 15) is 0 Å². The Morgan fingerprint density at radius 1 is 1.56 bits per heavy atom. The quantitative estimate of drug-likeness (QED) is 0.390. The summed E-state index contributed by atoms with van der Waals surface area (Å²) in [6, 6.07) is 0. The van der Waals surface area contributed by atoms with Crippen LogP contribution in [0.2, 0.25) is 0 Å². The van der Waals surface area contributed by atoms with Crippen molar-refractivity contribution >= 4 is 0 Å². The first kappa shape index (κ1) is 8.26. The molecule has 0 fully saturated rings. The lowest BCUT2D eigenvalue weighted by atomic mass is 10.3. The molecule has 0 unspecified atom stereocenters. The summed E-state index contributed by atoms with van der Waals surface area (Å²) < 4.78 is 0. The van der Waals surface area contributed by atoms with Crippen LogP contribution in [-0.2, 0) is 0 Å². The van der Waals surface area contributed by atoms with Gasteiger partial charge in [0.2, 0.25) is 0 Å². The fourth-order valence-electron chi connectivity index (χ4n) is 0.561. The monoisotopic (exact) mass is 122 g/mol. The van der Waals surface area contributed by atoms with Crippen LogP contribution in [0.1, 0.15) is 27.2 Å². The predicted molar refractivity (Wildman–Crippen MR) is 42.4 cm³/mol. The van der Waals surface area contributed by atoms with Gasteiger partial charge in [-0.1, -0.05) is 19.1 Å². The first-order chi connectivity index (χ1) is 4.31. The third kappa shape index (κ3) is 5.13. The third-order valence-electron chi connectivity index (χ3n) is 0.951. The Kier molecular flexibility index (Phi) is 4.95. The lowest BCUT2D eigenvalue weighted by molar-refractivity contribution is 1.22. The molecule has 0 atom stereocenters. The summed E-state index contributed by atoms with van der Waals surface area (Å²) in [4.78, 5) is 0. The number of hydrogen-bond acceptors (Lipinski definition) is 0. The molecule has 0 aromatic carbocycles. The Morgan fingerprint density at radius 3 is 2.67 bits per heavy atom. The van der Waals surface area contributed by atoms with Gasteiger partial charge in [0.1, 0.15) is 0 Å². The maximum atomic E-state index is 3.14. The standard InChI is InChI=1S/C9H14/c1-4-6-8-9(3)7-5-2/h5-7H,4H2,1-3H3/b7-5-. The number of allylic oxidation sites excluding steroid dienone is 3. The third-order valence-corrected chi connectivity index (χ3v) is 0.951. The molecule has 0 rings (SSSR count). The molecule has 9 heavy (non-hydrogen) atoms. The van der Waals surface area contributed by atoms with Crippen LogP contribution >= 0.6 is 0 Å². The van der Waals surface area contributed by atoms with E-state index in [1.807, 2.05) is 32.1 Å². The van der Waals surface area contributed by atoms with Gasteiger partial charge in [0, 0.05) is 0 Å². The Morgan fingerprint density at radius 2 is 2.22 bits per heavy atom. The number of hydrogen-bond donors (Lipinski definition) is 0. The highest BCUT2D eigenvalue weighted by atomic mass is 13.8. The average molecular weight is 122 g/mol. The van der Waals surface area contributed by atoms with Crippen molar-refractivity contribution in [2.24, 2.45) is 0 Å². The highest BCUT2D eigenvalue weighted by Crippen LogP contribution is 1.91. The molecule has 0 saturated heterocycles. The highest BCUT2D eigenvalue weighted by Gasteiger charge is 1.71. The average Bonchev–Trinajstić information content (AvgIpc) is 1.85. The minimum Gasteiger partial charge on any atom is -0.122 e. The van der Waals surface area contributed by atoms with E-state index in [4.69, 9.17) is 0 Å². The van der Waals surface area contributed by atoms with Crippen molar-refractivity contribution in [1.29, 1.82) is 0 Å². The predicted octanol–water partition coefficient (Wildman–Crippen LogP) is 3.07. The molecule has 0 nitrogen and oxygen atoms in total. The van der Waals surface area contributed by atoms with Crippen LogP contribution in [0.5, 0.6) is 0 Å². The first-order valence-corrected chi connectivity index (χ1v) is 3.35. The molecule has 0 spiro atoms. The van der Waals surface area contributed by atoms with E-state index in [2.05, 4.69) is 12.7 Å². The molecule has 0 aliphatic heterocycles. The van der Waals surface area contributed by atoms with E-state index in [0.717, 1.165) is 6.42 Å². The lowest BCUT2D eigenvalue weighted by Crippen LogP contribution is -1.59. The molecule has 0 saturated carbocycles. The topological polar surface area (TPSA) is 0 Å². The van der Waals surface area contributed by atoms with E-state index in [1.165, 1.54) is 5.57 Å². The minimum atomic E-state index is 1.06. The zero-order chi connectivity index (χ0) is 7.11. The summed E-state index contributed by atoms with van der Waals surface area (Å²) in [6.45, 7) is 6.17. The van der Waals surface area contributed by atoms with Crippen molar-refractivity contribution < 1.29 is 0 Å². The Bertz CT molecular complexity index is 143. The van der Waals surface area contributed by atoms with E-state index in [0.29, 0.717) is 0 Å². The molecule has 0 N–H and O–H groups in total. The molecule has 0 heterocycles. The van der Waals surface area contributed by atoms with E-state index >= 15 is 0 Å². The molecular formula is C9H14. The van der Waals surface area contributed by atoms with Crippen LogP contribution < -0.4 is 0 Å². The zero-order valence-electron chi connectivity index (χ0n) is 6.44. The molecule has 50 valence electrons. The molecule has 0 radical (unpaired) electrons. The molecule has 0 bridgehead atoms. The van der Waals surface area contributed by atoms with Gasteiger partial charge < -0.3 is 0 Å². The fraction of sp³-hybridized carbons (Fsp3) is 0.444. The highest BCUT2D eigenvalue weighted by molar-refractivity contribution is 5.14. The van der Waals surface area contributed by atoms with Gasteiger partial charge in [-0.25, -0.2) is 0 Å². The van der Waals surface area contributed by atoms with Crippen LogP contribution in [0.4, 0.5) is 0 Å².